The summed E-state index contributed by atoms with van der Waals surface area (Å²) < 4.78 is 5.02. The first-order chi connectivity index (χ1) is 8.99. The Morgan fingerprint density at radius 2 is 1.95 bits per heavy atom. The van der Waals surface area contributed by atoms with Gasteiger partial charge in [0.2, 0.25) is 0 Å². The van der Waals surface area contributed by atoms with Gasteiger partial charge in [-0.05, 0) is 69.6 Å². The summed E-state index contributed by atoms with van der Waals surface area (Å²) in [4.78, 5) is 2.18. The second-order valence-corrected chi connectivity index (χ2v) is 6.15. The van der Waals surface area contributed by atoms with Gasteiger partial charge in [-0.15, -0.1) is 5.10 Å². The van der Waals surface area contributed by atoms with Crippen LogP contribution in [0.4, 0.5) is 5.69 Å². The number of thiocarbonyl (C=S) groups is 1. The largest absolute Gasteiger partial charge is 0.344 e. The van der Waals surface area contributed by atoms with Crippen molar-refractivity contribution in [1.29, 1.82) is 0 Å². The zero-order chi connectivity index (χ0) is 14.0. The molecule has 0 aliphatic heterocycles. The van der Waals surface area contributed by atoms with Crippen LogP contribution in [-0.2, 0) is 0 Å². The Labute approximate surface area is 123 Å². The zero-order valence-electron chi connectivity index (χ0n) is 11.5. The molecule has 0 spiro atoms. The van der Waals surface area contributed by atoms with Crippen molar-refractivity contribution < 1.29 is 0 Å². The van der Waals surface area contributed by atoms with Crippen molar-refractivity contribution >= 4 is 44.8 Å². The molecule has 1 N–H and O–H groups in total. The quantitative estimate of drug-likeness (QED) is 0.877. The number of fused-ring (bicyclic) bond motifs is 1. The third-order valence-corrected chi connectivity index (χ3v) is 3.86. The predicted molar refractivity (Wildman–Crippen MR) is 85.7 cm³/mol. The summed E-state index contributed by atoms with van der Waals surface area (Å²) in [7, 11) is 0. The monoisotopic (exact) mass is 294 g/mol. The van der Waals surface area contributed by atoms with Crippen LogP contribution in [0.5, 0.6) is 0 Å². The molecular formula is C13H18N4S2. The number of hydrogen-bond acceptors (Lipinski definition) is 4. The maximum atomic E-state index is 5.49. The van der Waals surface area contributed by atoms with E-state index in [4.69, 9.17) is 12.2 Å². The summed E-state index contributed by atoms with van der Waals surface area (Å²) in [5.41, 5.74) is 1.86. The molecule has 102 valence electrons. The van der Waals surface area contributed by atoms with Crippen LogP contribution >= 0.6 is 23.8 Å². The number of benzene rings is 1. The van der Waals surface area contributed by atoms with Gasteiger partial charge in [0, 0.05) is 17.8 Å². The first-order valence-corrected chi connectivity index (χ1v) is 7.48. The minimum Gasteiger partial charge on any atom is -0.344 e. The molecule has 1 heterocycles. The molecular weight excluding hydrogens is 276 g/mol. The summed E-state index contributed by atoms with van der Waals surface area (Å²) in [6.45, 7) is 8.56. The first kappa shape index (κ1) is 14.1. The highest BCUT2D eigenvalue weighted by molar-refractivity contribution is 7.80. The van der Waals surface area contributed by atoms with E-state index in [1.54, 1.807) is 0 Å². The molecule has 0 fully saturated rings. The molecule has 0 radical (unpaired) electrons. The Morgan fingerprint density at radius 3 is 2.58 bits per heavy atom. The molecule has 6 heteroatoms. The fourth-order valence-corrected chi connectivity index (χ4v) is 3.19. The minimum atomic E-state index is 0.365. The van der Waals surface area contributed by atoms with E-state index < -0.39 is 0 Å². The topological polar surface area (TPSA) is 41.0 Å². The van der Waals surface area contributed by atoms with E-state index in [2.05, 4.69) is 47.5 Å². The molecule has 0 amide bonds. The highest BCUT2D eigenvalue weighted by atomic mass is 32.1. The van der Waals surface area contributed by atoms with Crippen LogP contribution in [0.1, 0.15) is 27.7 Å². The molecule has 0 aliphatic carbocycles. The number of nitrogens with zero attached hydrogens (tertiary/aromatic N) is 3. The van der Waals surface area contributed by atoms with Crippen molar-refractivity contribution in [3.63, 3.8) is 0 Å². The maximum absolute atomic E-state index is 5.49. The number of aromatic nitrogens is 2. The smallest absolute Gasteiger partial charge is 0.173 e. The van der Waals surface area contributed by atoms with Gasteiger partial charge in [-0.1, -0.05) is 4.49 Å². The lowest BCUT2D eigenvalue weighted by Crippen LogP contribution is -2.44. The van der Waals surface area contributed by atoms with Crippen LogP contribution in [-0.4, -0.2) is 31.7 Å². The van der Waals surface area contributed by atoms with Crippen molar-refractivity contribution in [3.8, 4) is 0 Å². The van der Waals surface area contributed by atoms with Gasteiger partial charge >= 0.3 is 0 Å². The van der Waals surface area contributed by atoms with Crippen molar-refractivity contribution in [1.82, 2.24) is 14.5 Å². The average molecular weight is 294 g/mol. The van der Waals surface area contributed by atoms with Gasteiger partial charge in [0.1, 0.15) is 5.52 Å². The van der Waals surface area contributed by atoms with E-state index >= 15 is 0 Å². The molecule has 2 rings (SSSR count). The normalized spacial score (nSPS) is 11.3. The molecule has 0 atom stereocenters. The van der Waals surface area contributed by atoms with Gasteiger partial charge in [-0.3, -0.25) is 0 Å². The van der Waals surface area contributed by atoms with E-state index in [-0.39, 0.29) is 0 Å². The molecule has 0 unspecified atom stereocenters. The molecule has 4 nitrogen and oxygen atoms in total. The molecule has 1 aromatic heterocycles. The fourth-order valence-electron chi connectivity index (χ4n) is 2.11. The zero-order valence-corrected chi connectivity index (χ0v) is 13.2. The summed E-state index contributed by atoms with van der Waals surface area (Å²) in [5.74, 6) is 0. The minimum absolute atomic E-state index is 0.365. The van der Waals surface area contributed by atoms with E-state index in [9.17, 15) is 0 Å². The molecule has 1 aromatic carbocycles. The van der Waals surface area contributed by atoms with Crippen molar-refractivity contribution in [2.45, 2.75) is 39.8 Å². The van der Waals surface area contributed by atoms with E-state index in [0.717, 1.165) is 21.0 Å². The van der Waals surface area contributed by atoms with Crippen molar-refractivity contribution in [3.05, 3.63) is 18.2 Å². The molecule has 0 bridgehead atoms. The Morgan fingerprint density at radius 1 is 1.26 bits per heavy atom. The van der Waals surface area contributed by atoms with Gasteiger partial charge in [0.05, 0.1) is 4.70 Å². The highest BCUT2D eigenvalue weighted by Gasteiger charge is 2.16. The van der Waals surface area contributed by atoms with Gasteiger partial charge in [-0.25, -0.2) is 0 Å². The van der Waals surface area contributed by atoms with Gasteiger partial charge < -0.3 is 10.2 Å². The van der Waals surface area contributed by atoms with Gasteiger partial charge in [-0.2, -0.15) is 0 Å². The van der Waals surface area contributed by atoms with Crippen LogP contribution in [0.2, 0.25) is 0 Å². The Hall–Kier alpha value is -1.27. The second kappa shape index (κ2) is 5.79. The number of nitrogens with one attached hydrogen (secondary N) is 1. The summed E-state index contributed by atoms with van der Waals surface area (Å²) in [6, 6.07) is 6.73. The Kier molecular flexibility index (Phi) is 4.31. The van der Waals surface area contributed by atoms with E-state index in [1.807, 2.05) is 18.2 Å². The van der Waals surface area contributed by atoms with Crippen LogP contribution in [0, 0.1) is 0 Å². The lowest BCUT2D eigenvalue weighted by atomic mass is 10.2. The lowest BCUT2D eigenvalue weighted by Gasteiger charge is -2.33. The first-order valence-electron chi connectivity index (χ1n) is 6.30. The van der Waals surface area contributed by atoms with E-state index in [1.165, 1.54) is 11.5 Å². The Bertz CT molecular complexity index is 569. The SMILES string of the molecule is CC(C)N(C(=S)Nc1ccc2snnc2c1)C(C)C. The molecule has 0 saturated heterocycles. The molecule has 2 aromatic rings. The lowest BCUT2D eigenvalue weighted by molar-refractivity contribution is 0.296. The molecule has 19 heavy (non-hydrogen) atoms. The van der Waals surface area contributed by atoms with Crippen molar-refractivity contribution in [2.24, 2.45) is 0 Å². The Balaban J connectivity index is 2.17. The van der Waals surface area contributed by atoms with E-state index in [0.29, 0.717) is 12.1 Å². The number of rotatable bonds is 3. The third kappa shape index (κ3) is 3.19. The highest BCUT2D eigenvalue weighted by Crippen LogP contribution is 2.20. The summed E-state index contributed by atoms with van der Waals surface area (Å²) in [5, 5.41) is 8.10. The molecule has 0 saturated carbocycles. The summed E-state index contributed by atoms with van der Waals surface area (Å²) >= 11 is 6.89. The standard InChI is InChI=1S/C13H18N4S2/c1-8(2)17(9(3)4)13(18)14-10-5-6-12-11(7-10)15-16-19-12/h5-9H,1-4H3,(H,14,18). The summed E-state index contributed by atoms with van der Waals surface area (Å²) in [6.07, 6.45) is 0. The number of hydrogen-bond donors (Lipinski definition) is 1. The molecule has 0 aliphatic rings. The predicted octanol–water partition coefficient (Wildman–Crippen LogP) is 3.51. The average Bonchev–Trinajstić information content (AvgIpc) is 2.74. The fraction of sp³-hybridized carbons (Fsp3) is 0.462. The number of anilines is 1. The maximum Gasteiger partial charge on any atom is 0.173 e. The van der Waals surface area contributed by atoms with Crippen LogP contribution in [0.3, 0.4) is 0 Å². The van der Waals surface area contributed by atoms with Crippen molar-refractivity contribution in [2.75, 3.05) is 5.32 Å². The third-order valence-electron chi connectivity index (χ3n) is 2.85. The van der Waals surface area contributed by atoms with Gasteiger partial charge in [0.25, 0.3) is 0 Å². The second-order valence-electron chi connectivity index (χ2n) is 4.98. The van der Waals surface area contributed by atoms with Crippen LogP contribution in [0.25, 0.3) is 10.2 Å². The van der Waals surface area contributed by atoms with Gasteiger partial charge in [0.15, 0.2) is 5.11 Å². The van der Waals surface area contributed by atoms with Crippen LogP contribution < -0.4 is 5.32 Å². The van der Waals surface area contributed by atoms with Crippen LogP contribution in [0.15, 0.2) is 18.2 Å².